The molecule has 1 aliphatic rings. The molecular formula is C12H23N3O2S. The lowest BCUT2D eigenvalue weighted by molar-refractivity contribution is 0.00589. The highest BCUT2D eigenvalue weighted by atomic mass is 32.1. The molecular weight excluding hydrogens is 250 g/mol. The maximum atomic E-state index is 12.0. The zero-order valence-corrected chi connectivity index (χ0v) is 12.6. The van der Waals surface area contributed by atoms with E-state index in [0.717, 1.165) is 0 Å². The topological polar surface area (TPSA) is 58.8 Å². The van der Waals surface area contributed by atoms with E-state index in [1.165, 1.54) is 0 Å². The normalized spacial score (nSPS) is 24.9. The molecule has 1 saturated heterocycles. The van der Waals surface area contributed by atoms with E-state index in [1.807, 2.05) is 39.5 Å². The van der Waals surface area contributed by atoms with Gasteiger partial charge in [-0.2, -0.15) is 0 Å². The summed E-state index contributed by atoms with van der Waals surface area (Å²) in [5.41, 5.74) is 5.23. The Kier molecular flexibility index (Phi) is 4.42. The predicted octanol–water partition coefficient (Wildman–Crippen LogP) is 1.56. The van der Waals surface area contributed by atoms with Crippen molar-refractivity contribution in [2.45, 2.75) is 52.3 Å². The molecule has 1 fully saturated rings. The molecule has 0 aromatic rings. The fraction of sp³-hybridized carbons (Fsp3) is 0.833. The van der Waals surface area contributed by atoms with E-state index in [0.29, 0.717) is 18.2 Å². The van der Waals surface area contributed by atoms with E-state index in [1.54, 1.807) is 4.90 Å². The van der Waals surface area contributed by atoms with Gasteiger partial charge in [-0.1, -0.05) is 0 Å². The van der Waals surface area contributed by atoms with E-state index < -0.39 is 5.60 Å². The molecule has 5 nitrogen and oxygen atoms in total. The number of hydrogen-bond acceptors (Lipinski definition) is 3. The van der Waals surface area contributed by atoms with Crippen molar-refractivity contribution in [1.82, 2.24) is 9.80 Å². The van der Waals surface area contributed by atoms with Crippen LogP contribution in [-0.4, -0.2) is 51.8 Å². The number of piperazine rings is 1. The molecule has 0 aromatic carbocycles. The smallest absolute Gasteiger partial charge is 0.410 e. The Balaban J connectivity index is 2.68. The van der Waals surface area contributed by atoms with E-state index in [2.05, 4.69) is 0 Å². The maximum absolute atomic E-state index is 12.0. The number of amides is 1. The first-order valence-electron chi connectivity index (χ1n) is 6.17. The Morgan fingerprint density at radius 1 is 1.28 bits per heavy atom. The Morgan fingerprint density at radius 2 is 1.72 bits per heavy atom. The maximum Gasteiger partial charge on any atom is 0.410 e. The summed E-state index contributed by atoms with van der Waals surface area (Å²) in [4.78, 5) is 15.7. The Morgan fingerprint density at radius 3 is 2.06 bits per heavy atom. The standard InChI is InChI=1S/C12H23N3O2S/c1-8-6-14(11(16)17-12(3,4)5)7-9(2)15(8)10(13)18/h8-9H,6-7H2,1-5H3,(H2,13,18). The highest BCUT2D eigenvalue weighted by Crippen LogP contribution is 2.18. The second kappa shape index (κ2) is 5.30. The molecule has 104 valence electrons. The van der Waals surface area contributed by atoms with Crippen LogP contribution in [0, 0.1) is 0 Å². The van der Waals surface area contributed by atoms with Gasteiger partial charge >= 0.3 is 6.09 Å². The van der Waals surface area contributed by atoms with Gasteiger partial charge in [0, 0.05) is 25.2 Å². The van der Waals surface area contributed by atoms with Crippen molar-refractivity contribution < 1.29 is 9.53 Å². The molecule has 0 aromatic heterocycles. The SMILES string of the molecule is CC1CN(C(=O)OC(C)(C)C)CC(C)N1C(N)=S. The summed E-state index contributed by atoms with van der Waals surface area (Å²) in [7, 11) is 0. The van der Waals surface area contributed by atoms with Gasteiger partial charge in [0.25, 0.3) is 0 Å². The summed E-state index contributed by atoms with van der Waals surface area (Å²) in [5, 5.41) is 0.388. The number of ether oxygens (including phenoxy) is 1. The number of nitrogens with zero attached hydrogens (tertiary/aromatic N) is 2. The minimum Gasteiger partial charge on any atom is -0.444 e. The largest absolute Gasteiger partial charge is 0.444 e. The minimum absolute atomic E-state index is 0.110. The van der Waals surface area contributed by atoms with Crippen LogP contribution in [0.4, 0.5) is 4.79 Å². The lowest BCUT2D eigenvalue weighted by atomic mass is 10.1. The van der Waals surface area contributed by atoms with Crippen LogP contribution in [0.15, 0.2) is 0 Å². The van der Waals surface area contributed by atoms with Crippen molar-refractivity contribution in [3.05, 3.63) is 0 Å². The Labute approximate surface area is 114 Å². The minimum atomic E-state index is -0.468. The van der Waals surface area contributed by atoms with Gasteiger partial charge < -0.3 is 20.3 Å². The molecule has 1 rings (SSSR count). The lowest BCUT2D eigenvalue weighted by Crippen LogP contribution is -2.61. The fourth-order valence-corrected chi connectivity index (χ4v) is 2.59. The van der Waals surface area contributed by atoms with Crippen molar-refractivity contribution in [2.24, 2.45) is 5.73 Å². The van der Waals surface area contributed by atoms with Crippen LogP contribution in [0.3, 0.4) is 0 Å². The van der Waals surface area contributed by atoms with Gasteiger partial charge in [0.05, 0.1) is 0 Å². The summed E-state index contributed by atoms with van der Waals surface area (Å²) < 4.78 is 5.37. The van der Waals surface area contributed by atoms with Crippen LogP contribution in [0.25, 0.3) is 0 Å². The number of thiocarbonyl (C=S) groups is 1. The van der Waals surface area contributed by atoms with Gasteiger partial charge in [0.2, 0.25) is 0 Å². The third-order valence-corrected chi connectivity index (χ3v) is 3.04. The van der Waals surface area contributed by atoms with Crippen molar-refractivity contribution in [3.63, 3.8) is 0 Å². The number of carbonyl (C=O) groups is 1. The van der Waals surface area contributed by atoms with E-state index >= 15 is 0 Å². The number of nitrogens with two attached hydrogens (primary N) is 1. The van der Waals surface area contributed by atoms with Crippen molar-refractivity contribution >= 4 is 23.4 Å². The number of hydrogen-bond donors (Lipinski definition) is 1. The molecule has 1 amide bonds. The summed E-state index contributed by atoms with van der Waals surface area (Å²) in [6.07, 6.45) is -0.274. The van der Waals surface area contributed by atoms with Crippen LogP contribution in [-0.2, 0) is 4.74 Å². The molecule has 2 atom stereocenters. The summed E-state index contributed by atoms with van der Waals surface area (Å²) >= 11 is 5.03. The van der Waals surface area contributed by atoms with Crippen LogP contribution in [0.2, 0.25) is 0 Å². The van der Waals surface area contributed by atoms with Crippen LogP contribution in [0.1, 0.15) is 34.6 Å². The first-order chi connectivity index (χ1) is 8.11. The van der Waals surface area contributed by atoms with Gasteiger partial charge in [0.15, 0.2) is 5.11 Å². The molecule has 0 spiro atoms. The third-order valence-electron chi connectivity index (χ3n) is 2.83. The molecule has 1 heterocycles. The van der Waals surface area contributed by atoms with Gasteiger partial charge in [-0.05, 0) is 46.8 Å². The zero-order valence-electron chi connectivity index (χ0n) is 11.8. The van der Waals surface area contributed by atoms with Crippen LogP contribution in [0.5, 0.6) is 0 Å². The van der Waals surface area contributed by atoms with Gasteiger partial charge in [0.1, 0.15) is 5.60 Å². The van der Waals surface area contributed by atoms with Crippen molar-refractivity contribution in [1.29, 1.82) is 0 Å². The average molecular weight is 273 g/mol. The van der Waals surface area contributed by atoms with Gasteiger partial charge in [-0.25, -0.2) is 4.79 Å². The Hall–Kier alpha value is -1.04. The Bertz CT molecular complexity index is 329. The van der Waals surface area contributed by atoms with Crippen LogP contribution >= 0.6 is 12.2 Å². The molecule has 2 unspecified atom stereocenters. The third kappa shape index (κ3) is 3.73. The fourth-order valence-electron chi connectivity index (χ4n) is 2.23. The summed E-state index contributed by atoms with van der Waals surface area (Å²) in [5.74, 6) is 0. The number of carbonyl (C=O) groups excluding carboxylic acids is 1. The highest BCUT2D eigenvalue weighted by molar-refractivity contribution is 7.80. The summed E-state index contributed by atoms with van der Waals surface area (Å²) in [6, 6.07) is 0.220. The second-order valence-corrected chi connectivity index (χ2v) is 6.25. The van der Waals surface area contributed by atoms with Crippen LogP contribution < -0.4 is 5.73 Å². The van der Waals surface area contributed by atoms with E-state index in [9.17, 15) is 4.79 Å². The molecule has 1 aliphatic heterocycles. The molecule has 0 saturated carbocycles. The molecule has 0 bridgehead atoms. The summed E-state index contributed by atoms with van der Waals surface area (Å²) in [6.45, 7) is 10.8. The van der Waals surface area contributed by atoms with E-state index in [4.69, 9.17) is 22.7 Å². The molecule has 2 N–H and O–H groups in total. The first kappa shape index (κ1) is 15.0. The predicted molar refractivity (Wildman–Crippen MR) is 75.4 cm³/mol. The lowest BCUT2D eigenvalue weighted by Gasteiger charge is -2.44. The van der Waals surface area contributed by atoms with Gasteiger partial charge in [-0.15, -0.1) is 0 Å². The number of rotatable bonds is 0. The molecule has 0 radical (unpaired) electrons. The molecule has 18 heavy (non-hydrogen) atoms. The highest BCUT2D eigenvalue weighted by Gasteiger charge is 2.34. The van der Waals surface area contributed by atoms with Gasteiger partial charge in [-0.3, -0.25) is 0 Å². The molecule has 0 aliphatic carbocycles. The first-order valence-corrected chi connectivity index (χ1v) is 6.58. The zero-order chi connectivity index (χ0) is 14.1. The van der Waals surface area contributed by atoms with Crippen molar-refractivity contribution in [3.8, 4) is 0 Å². The molecule has 6 heteroatoms. The quantitative estimate of drug-likeness (QED) is 0.679. The van der Waals surface area contributed by atoms with E-state index in [-0.39, 0.29) is 18.2 Å². The van der Waals surface area contributed by atoms with Crippen molar-refractivity contribution in [2.75, 3.05) is 13.1 Å². The second-order valence-electron chi connectivity index (χ2n) is 5.83. The monoisotopic (exact) mass is 273 g/mol. The average Bonchev–Trinajstić information content (AvgIpc) is 2.12.